The Morgan fingerprint density at radius 2 is 1.86 bits per heavy atom. The van der Waals surface area contributed by atoms with E-state index in [1.165, 1.54) is 10.8 Å². The number of carbonyl (C=O) groups excluding carboxylic acids is 1. The molecule has 0 atom stereocenters. The van der Waals surface area contributed by atoms with E-state index in [-0.39, 0.29) is 5.83 Å². The van der Waals surface area contributed by atoms with Crippen LogP contribution in [0.15, 0.2) is 65.5 Å². The van der Waals surface area contributed by atoms with Crippen molar-refractivity contribution in [3.05, 3.63) is 71.1 Å². The van der Waals surface area contributed by atoms with Crippen LogP contribution >= 0.6 is 0 Å². The van der Waals surface area contributed by atoms with Gasteiger partial charge in [-0.2, -0.15) is 0 Å². The van der Waals surface area contributed by atoms with Gasteiger partial charge in [-0.1, -0.05) is 48.5 Å². The normalized spacial score (nSPS) is 15.0. The molecule has 3 rings (SSSR count). The fraction of sp³-hybridized carbons (Fsp3) is 0.211. The molecule has 22 heavy (non-hydrogen) atoms. The summed E-state index contributed by atoms with van der Waals surface area (Å²) in [5.41, 5.74) is 7.36. The fourth-order valence-electron chi connectivity index (χ4n) is 3.05. The minimum atomic E-state index is -0.539. The Bertz CT molecular complexity index is 784. The number of halogens is 1. The molecule has 2 nitrogen and oxygen atoms in total. The van der Waals surface area contributed by atoms with E-state index in [2.05, 4.69) is 24.3 Å². The molecule has 3 heteroatoms. The van der Waals surface area contributed by atoms with Crippen LogP contribution in [0, 0.1) is 0 Å². The minimum Gasteiger partial charge on any atom is -0.366 e. The topological polar surface area (TPSA) is 43.1 Å². The number of aryl methyl sites for hydroxylation is 1. The van der Waals surface area contributed by atoms with Gasteiger partial charge in [0.05, 0.1) is 0 Å². The summed E-state index contributed by atoms with van der Waals surface area (Å²) in [6.07, 6.45) is 3.84. The molecular weight excluding hydrogens is 277 g/mol. The number of fused-ring (bicyclic) bond motifs is 1. The minimum absolute atomic E-state index is 0.198. The van der Waals surface area contributed by atoms with Gasteiger partial charge in [-0.25, -0.2) is 4.39 Å². The molecule has 1 amide bonds. The third-order valence-electron chi connectivity index (χ3n) is 4.15. The first kappa shape index (κ1) is 14.5. The number of primary amides is 1. The predicted molar refractivity (Wildman–Crippen MR) is 86.9 cm³/mol. The number of amides is 1. The summed E-state index contributed by atoms with van der Waals surface area (Å²) < 4.78 is 14.1. The molecule has 2 aromatic rings. The molecule has 112 valence electrons. The van der Waals surface area contributed by atoms with Gasteiger partial charge in [0.15, 0.2) is 0 Å². The predicted octanol–water partition coefficient (Wildman–Crippen LogP) is 4.20. The molecule has 0 aromatic heterocycles. The molecule has 0 fully saturated rings. The highest BCUT2D eigenvalue weighted by Gasteiger charge is 2.20. The largest absolute Gasteiger partial charge is 0.366 e. The van der Waals surface area contributed by atoms with Crippen LogP contribution in [-0.2, 0) is 11.2 Å². The molecule has 0 aliphatic heterocycles. The van der Waals surface area contributed by atoms with Crippen molar-refractivity contribution < 1.29 is 9.18 Å². The van der Waals surface area contributed by atoms with Crippen molar-refractivity contribution in [2.45, 2.75) is 25.7 Å². The number of rotatable bonds is 4. The molecule has 2 N–H and O–H groups in total. The zero-order valence-corrected chi connectivity index (χ0v) is 12.3. The molecule has 0 saturated carbocycles. The van der Waals surface area contributed by atoms with Crippen LogP contribution in [0.1, 0.15) is 24.8 Å². The van der Waals surface area contributed by atoms with Crippen LogP contribution in [-0.4, -0.2) is 5.91 Å². The number of hydrogen-bond donors (Lipinski definition) is 1. The summed E-state index contributed by atoms with van der Waals surface area (Å²) in [7, 11) is 0. The van der Waals surface area contributed by atoms with Gasteiger partial charge in [0.25, 0.3) is 0 Å². The molecular formula is C19H18FNO. The van der Waals surface area contributed by atoms with E-state index in [0.29, 0.717) is 36.8 Å². The van der Waals surface area contributed by atoms with Crippen molar-refractivity contribution in [2.75, 3.05) is 0 Å². The van der Waals surface area contributed by atoms with E-state index in [1.54, 1.807) is 6.08 Å². The average Bonchev–Trinajstić information content (AvgIpc) is 2.53. The Labute approximate surface area is 129 Å². The van der Waals surface area contributed by atoms with Crippen molar-refractivity contribution in [2.24, 2.45) is 5.73 Å². The summed E-state index contributed by atoms with van der Waals surface area (Å²) in [4.78, 5) is 11.5. The Balaban J connectivity index is 1.87. The van der Waals surface area contributed by atoms with E-state index < -0.39 is 5.91 Å². The maximum Gasteiger partial charge on any atom is 0.248 e. The van der Waals surface area contributed by atoms with Crippen LogP contribution in [0.4, 0.5) is 4.39 Å². The first-order chi connectivity index (χ1) is 10.7. The molecule has 1 aliphatic rings. The number of allylic oxidation sites excluding steroid dienone is 2. The lowest BCUT2D eigenvalue weighted by atomic mass is 9.90. The maximum atomic E-state index is 14.1. The highest BCUT2D eigenvalue weighted by Crippen LogP contribution is 2.30. The second kappa shape index (κ2) is 6.14. The smallest absolute Gasteiger partial charge is 0.248 e. The lowest BCUT2D eigenvalue weighted by molar-refractivity contribution is -0.114. The molecule has 0 saturated heterocycles. The van der Waals surface area contributed by atoms with Gasteiger partial charge in [-0.3, -0.25) is 4.79 Å². The highest BCUT2D eigenvalue weighted by atomic mass is 19.1. The van der Waals surface area contributed by atoms with Crippen molar-refractivity contribution in [1.29, 1.82) is 0 Å². The van der Waals surface area contributed by atoms with Crippen molar-refractivity contribution >= 4 is 16.7 Å². The Kier molecular flexibility index (Phi) is 4.05. The Hall–Kier alpha value is -2.42. The molecule has 1 aliphatic carbocycles. The zero-order chi connectivity index (χ0) is 15.5. The summed E-state index contributed by atoms with van der Waals surface area (Å²) in [5.74, 6) is -0.737. The summed E-state index contributed by atoms with van der Waals surface area (Å²) in [5, 5.41) is 2.34. The lowest BCUT2D eigenvalue weighted by Crippen LogP contribution is -2.18. The van der Waals surface area contributed by atoms with Crippen LogP contribution in [0.5, 0.6) is 0 Å². The van der Waals surface area contributed by atoms with Crippen LogP contribution in [0.25, 0.3) is 10.8 Å². The van der Waals surface area contributed by atoms with E-state index in [4.69, 9.17) is 5.73 Å². The monoisotopic (exact) mass is 295 g/mol. The molecule has 0 radical (unpaired) electrons. The van der Waals surface area contributed by atoms with Gasteiger partial charge in [-0.05, 0) is 41.2 Å². The second-order valence-electron chi connectivity index (χ2n) is 5.54. The summed E-state index contributed by atoms with van der Waals surface area (Å²) in [6.45, 7) is 0. The lowest BCUT2D eigenvalue weighted by Gasteiger charge is -2.16. The third kappa shape index (κ3) is 2.80. The first-order valence-electron chi connectivity index (χ1n) is 7.51. The SMILES string of the molecule is NC(=O)C1=CCCC(F)=C1CCc1cccc2ccccc12. The van der Waals surface area contributed by atoms with Crippen LogP contribution < -0.4 is 5.73 Å². The van der Waals surface area contributed by atoms with Gasteiger partial charge >= 0.3 is 0 Å². The van der Waals surface area contributed by atoms with Crippen molar-refractivity contribution in [3.63, 3.8) is 0 Å². The Morgan fingerprint density at radius 1 is 1.09 bits per heavy atom. The van der Waals surface area contributed by atoms with Crippen LogP contribution in [0.3, 0.4) is 0 Å². The molecule has 2 aromatic carbocycles. The summed E-state index contributed by atoms with van der Waals surface area (Å²) in [6, 6.07) is 14.3. The molecule has 0 bridgehead atoms. The number of benzene rings is 2. The van der Waals surface area contributed by atoms with E-state index in [9.17, 15) is 9.18 Å². The summed E-state index contributed by atoms with van der Waals surface area (Å²) >= 11 is 0. The van der Waals surface area contributed by atoms with Crippen molar-refractivity contribution in [1.82, 2.24) is 0 Å². The van der Waals surface area contributed by atoms with Gasteiger partial charge in [0.2, 0.25) is 5.91 Å². The van der Waals surface area contributed by atoms with Gasteiger partial charge < -0.3 is 5.73 Å². The zero-order valence-electron chi connectivity index (χ0n) is 12.3. The number of hydrogen-bond acceptors (Lipinski definition) is 1. The highest BCUT2D eigenvalue weighted by molar-refractivity contribution is 5.97. The Morgan fingerprint density at radius 3 is 2.68 bits per heavy atom. The van der Waals surface area contributed by atoms with Gasteiger partial charge in [0, 0.05) is 12.0 Å². The van der Waals surface area contributed by atoms with Crippen LogP contribution in [0.2, 0.25) is 0 Å². The first-order valence-corrected chi connectivity index (χ1v) is 7.51. The third-order valence-corrected chi connectivity index (χ3v) is 4.15. The number of carbonyl (C=O) groups is 1. The van der Waals surface area contributed by atoms with Gasteiger partial charge in [-0.15, -0.1) is 0 Å². The van der Waals surface area contributed by atoms with E-state index in [0.717, 1.165) is 5.56 Å². The van der Waals surface area contributed by atoms with Gasteiger partial charge in [0.1, 0.15) is 5.83 Å². The van der Waals surface area contributed by atoms with E-state index >= 15 is 0 Å². The fourth-order valence-corrected chi connectivity index (χ4v) is 3.05. The average molecular weight is 295 g/mol. The van der Waals surface area contributed by atoms with Crippen molar-refractivity contribution in [3.8, 4) is 0 Å². The molecule has 0 spiro atoms. The number of nitrogens with two attached hydrogens (primary N) is 1. The van der Waals surface area contributed by atoms with E-state index in [1.807, 2.05) is 18.2 Å². The quantitative estimate of drug-likeness (QED) is 0.902. The standard InChI is InChI=1S/C19H18FNO/c20-18-10-4-9-17(19(21)22)16(18)12-11-14-7-3-6-13-5-1-2-8-15(13)14/h1-3,5-9H,4,10-12H2,(H2,21,22). The maximum absolute atomic E-state index is 14.1. The molecule has 0 heterocycles. The second-order valence-corrected chi connectivity index (χ2v) is 5.54. The molecule has 0 unspecified atom stereocenters.